The summed E-state index contributed by atoms with van der Waals surface area (Å²) in [4.78, 5) is 12.3. The predicted octanol–water partition coefficient (Wildman–Crippen LogP) is 3.54. The van der Waals surface area contributed by atoms with Gasteiger partial charge >= 0.3 is 0 Å². The number of hydrogen-bond donors (Lipinski definition) is 2. The average Bonchev–Trinajstić information content (AvgIpc) is 2.68. The van der Waals surface area contributed by atoms with Crippen LogP contribution < -0.4 is 20.1 Å². The molecule has 2 N–H and O–H groups in total. The molecular formula is C20H20ClN3O3. The van der Waals surface area contributed by atoms with Gasteiger partial charge in [0.25, 0.3) is 5.91 Å². The van der Waals surface area contributed by atoms with Crippen LogP contribution in [0.1, 0.15) is 5.56 Å². The maximum Gasteiger partial charge on any atom is 0.267 e. The molecule has 0 heterocycles. The third kappa shape index (κ3) is 5.94. The number of halogens is 1. The molecule has 0 saturated carbocycles. The lowest BCUT2D eigenvalue weighted by atomic mass is 10.1. The Balaban J connectivity index is 1.96. The van der Waals surface area contributed by atoms with Crippen LogP contribution in [-0.4, -0.2) is 26.7 Å². The molecule has 0 bridgehead atoms. The van der Waals surface area contributed by atoms with Crippen molar-refractivity contribution in [2.75, 3.05) is 26.1 Å². The van der Waals surface area contributed by atoms with Crippen molar-refractivity contribution in [3.8, 4) is 17.6 Å². The van der Waals surface area contributed by atoms with Gasteiger partial charge in [0, 0.05) is 17.8 Å². The minimum atomic E-state index is -0.549. The third-order valence-electron chi connectivity index (χ3n) is 3.71. The van der Waals surface area contributed by atoms with Crippen molar-refractivity contribution in [3.05, 3.63) is 64.8 Å². The van der Waals surface area contributed by atoms with Gasteiger partial charge in [-0.15, -0.1) is 0 Å². The fourth-order valence-electron chi connectivity index (χ4n) is 2.33. The van der Waals surface area contributed by atoms with Gasteiger partial charge in [-0.05, 0) is 42.3 Å². The lowest BCUT2D eigenvalue weighted by Gasteiger charge is -2.10. The molecular weight excluding hydrogens is 366 g/mol. The van der Waals surface area contributed by atoms with Crippen molar-refractivity contribution >= 4 is 23.2 Å². The van der Waals surface area contributed by atoms with Crippen molar-refractivity contribution in [3.63, 3.8) is 0 Å². The third-order valence-corrected chi connectivity index (χ3v) is 3.95. The molecule has 2 rings (SSSR count). The highest BCUT2D eigenvalue weighted by Crippen LogP contribution is 2.27. The topological polar surface area (TPSA) is 83.4 Å². The van der Waals surface area contributed by atoms with Crippen LogP contribution in [-0.2, 0) is 11.2 Å². The maximum atomic E-state index is 12.3. The molecule has 7 heteroatoms. The molecule has 0 atom stereocenters. The fraction of sp³-hybridized carbons (Fsp3) is 0.200. The van der Waals surface area contributed by atoms with Crippen molar-refractivity contribution in [2.24, 2.45) is 0 Å². The summed E-state index contributed by atoms with van der Waals surface area (Å²) in [7, 11) is 3.10. The van der Waals surface area contributed by atoms with E-state index in [0.29, 0.717) is 23.0 Å². The van der Waals surface area contributed by atoms with E-state index in [4.69, 9.17) is 21.1 Å². The molecule has 6 nitrogen and oxygen atoms in total. The largest absolute Gasteiger partial charge is 0.497 e. The van der Waals surface area contributed by atoms with E-state index in [-0.39, 0.29) is 5.57 Å². The lowest BCUT2D eigenvalue weighted by Crippen LogP contribution is -2.18. The van der Waals surface area contributed by atoms with E-state index in [1.54, 1.807) is 25.3 Å². The highest BCUT2D eigenvalue weighted by atomic mass is 35.5. The maximum absolute atomic E-state index is 12.3. The quantitative estimate of drug-likeness (QED) is 0.412. The minimum absolute atomic E-state index is 0.0531. The van der Waals surface area contributed by atoms with Crippen molar-refractivity contribution in [2.45, 2.75) is 6.42 Å². The van der Waals surface area contributed by atoms with Crippen LogP contribution in [0.3, 0.4) is 0 Å². The molecule has 27 heavy (non-hydrogen) atoms. The molecule has 0 fully saturated rings. The molecule has 0 aliphatic carbocycles. The van der Waals surface area contributed by atoms with Crippen LogP contribution in [0.25, 0.3) is 0 Å². The Kier molecular flexibility index (Phi) is 7.53. The van der Waals surface area contributed by atoms with Gasteiger partial charge in [0.1, 0.15) is 23.1 Å². The molecule has 0 aromatic heterocycles. The summed E-state index contributed by atoms with van der Waals surface area (Å²) in [5.41, 5.74) is 1.43. The number of methoxy groups -OCH3 is 2. The number of ether oxygens (including phenoxy) is 2. The molecule has 1 amide bonds. The van der Waals surface area contributed by atoms with Gasteiger partial charge in [-0.3, -0.25) is 4.79 Å². The summed E-state index contributed by atoms with van der Waals surface area (Å²) < 4.78 is 10.4. The Morgan fingerprint density at radius 1 is 1.22 bits per heavy atom. The normalized spacial score (nSPS) is 10.7. The number of nitrogens with one attached hydrogen (secondary N) is 2. The van der Waals surface area contributed by atoms with Crippen molar-refractivity contribution in [1.29, 1.82) is 5.26 Å². The summed E-state index contributed by atoms with van der Waals surface area (Å²) >= 11 is 5.95. The van der Waals surface area contributed by atoms with Gasteiger partial charge in [-0.2, -0.15) is 5.26 Å². The number of amides is 1. The second-order valence-corrected chi connectivity index (χ2v) is 5.96. The lowest BCUT2D eigenvalue weighted by molar-refractivity contribution is -0.112. The van der Waals surface area contributed by atoms with E-state index in [9.17, 15) is 10.1 Å². The molecule has 2 aromatic rings. The Hall–Kier alpha value is -3.17. The van der Waals surface area contributed by atoms with E-state index < -0.39 is 5.91 Å². The van der Waals surface area contributed by atoms with Crippen LogP contribution in [0.4, 0.5) is 5.69 Å². The number of benzene rings is 2. The zero-order valence-electron chi connectivity index (χ0n) is 15.1. The van der Waals surface area contributed by atoms with E-state index in [0.717, 1.165) is 17.7 Å². The molecule has 0 aliphatic rings. The summed E-state index contributed by atoms with van der Waals surface area (Å²) in [6.07, 6.45) is 2.11. The van der Waals surface area contributed by atoms with E-state index in [1.807, 2.05) is 30.3 Å². The Morgan fingerprint density at radius 2 is 2.04 bits per heavy atom. The minimum Gasteiger partial charge on any atom is -0.497 e. The second-order valence-electron chi connectivity index (χ2n) is 5.52. The van der Waals surface area contributed by atoms with Crippen LogP contribution in [0.2, 0.25) is 5.02 Å². The van der Waals surface area contributed by atoms with Crippen molar-refractivity contribution < 1.29 is 14.3 Å². The van der Waals surface area contributed by atoms with Crippen LogP contribution in [0.15, 0.2) is 54.2 Å². The highest BCUT2D eigenvalue weighted by molar-refractivity contribution is 6.31. The zero-order chi connectivity index (χ0) is 19.6. The number of nitriles is 1. The summed E-state index contributed by atoms with van der Waals surface area (Å²) in [6, 6.07) is 14.4. The van der Waals surface area contributed by atoms with E-state index in [1.165, 1.54) is 13.3 Å². The summed E-state index contributed by atoms with van der Waals surface area (Å²) in [6.45, 7) is 0.562. The standard InChI is InChI=1S/C20H20ClN3O3/c1-26-17-5-3-4-14(10-17)8-9-23-13-15(12-22)20(25)24-18-11-16(21)6-7-19(18)27-2/h3-7,10-11,13,23H,8-9H2,1-2H3,(H,24,25)/b15-13-. The molecule has 140 valence electrons. The molecule has 0 spiro atoms. The monoisotopic (exact) mass is 385 g/mol. The van der Waals surface area contributed by atoms with E-state index >= 15 is 0 Å². The fourth-order valence-corrected chi connectivity index (χ4v) is 2.51. The number of hydrogen-bond acceptors (Lipinski definition) is 5. The van der Waals surface area contributed by atoms with Crippen LogP contribution in [0, 0.1) is 11.3 Å². The van der Waals surface area contributed by atoms with Gasteiger partial charge < -0.3 is 20.1 Å². The Labute approximate surface area is 163 Å². The smallest absolute Gasteiger partial charge is 0.267 e. The predicted molar refractivity (Wildman–Crippen MR) is 105 cm³/mol. The number of carbonyl (C=O) groups excluding carboxylic acids is 1. The first-order chi connectivity index (χ1) is 13.1. The number of rotatable bonds is 8. The second kappa shape index (κ2) is 10.1. The Morgan fingerprint density at radius 3 is 2.74 bits per heavy atom. The SMILES string of the molecule is COc1cccc(CCN/C=C(/C#N)C(=O)Nc2cc(Cl)ccc2OC)c1. The highest BCUT2D eigenvalue weighted by Gasteiger charge is 2.12. The van der Waals surface area contributed by atoms with Crippen LogP contribution >= 0.6 is 11.6 Å². The van der Waals surface area contributed by atoms with Gasteiger partial charge in [0.05, 0.1) is 19.9 Å². The van der Waals surface area contributed by atoms with Crippen molar-refractivity contribution in [1.82, 2.24) is 5.32 Å². The van der Waals surface area contributed by atoms with Gasteiger partial charge in [-0.25, -0.2) is 0 Å². The molecule has 0 unspecified atom stereocenters. The Bertz CT molecular complexity index is 875. The van der Waals surface area contributed by atoms with Gasteiger partial charge in [0.15, 0.2) is 0 Å². The van der Waals surface area contributed by atoms with Gasteiger partial charge in [-0.1, -0.05) is 23.7 Å². The summed E-state index contributed by atoms with van der Waals surface area (Å²) in [5, 5.41) is 15.3. The number of anilines is 1. The first-order valence-corrected chi connectivity index (χ1v) is 8.56. The average molecular weight is 386 g/mol. The van der Waals surface area contributed by atoms with E-state index in [2.05, 4.69) is 10.6 Å². The van der Waals surface area contributed by atoms with Crippen LogP contribution in [0.5, 0.6) is 11.5 Å². The molecule has 0 radical (unpaired) electrons. The molecule has 0 aliphatic heterocycles. The molecule has 0 saturated heterocycles. The molecule has 2 aromatic carbocycles. The van der Waals surface area contributed by atoms with Gasteiger partial charge in [0.2, 0.25) is 0 Å². The number of carbonyl (C=O) groups is 1. The first-order valence-electron chi connectivity index (χ1n) is 8.19. The number of nitrogens with zero attached hydrogens (tertiary/aromatic N) is 1. The zero-order valence-corrected chi connectivity index (χ0v) is 15.8. The summed E-state index contributed by atoms with van der Waals surface area (Å²) in [5.74, 6) is 0.693. The first kappa shape index (κ1) is 20.1.